The van der Waals surface area contributed by atoms with Crippen molar-refractivity contribution in [1.29, 1.82) is 0 Å². The lowest BCUT2D eigenvalue weighted by Gasteiger charge is -2.09. The summed E-state index contributed by atoms with van der Waals surface area (Å²) < 4.78 is 0. The fourth-order valence-electron chi connectivity index (χ4n) is 1.57. The summed E-state index contributed by atoms with van der Waals surface area (Å²) >= 11 is 0. The van der Waals surface area contributed by atoms with Gasteiger partial charge in [-0.25, -0.2) is 4.98 Å². The third kappa shape index (κ3) is 2.44. The van der Waals surface area contributed by atoms with Gasteiger partial charge in [-0.1, -0.05) is 6.07 Å². The molecule has 0 fully saturated rings. The fourth-order valence-corrected chi connectivity index (χ4v) is 1.57. The predicted octanol–water partition coefficient (Wildman–Crippen LogP) is 2.01. The van der Waals surface area contributed by atoms with Crippen molar-refractivity contribution in [3.63, 3.8) is 0 Å². The first-order valence-corrected chi connectivity index (χ1v) is 5.30. The summed E-state index contributed by atoms with van der Waals surface area (Å²) in [5, 5.41) is 5.69. The first kappa shape index (κ1) is 11.2. The minimum absolute atomic E-state index is 0.190. The number of amides is 1. The molecule has 0 aliphatic carbocycles. The number of rotatable bonds is 3. The maximum absolute atomic E-state index is 12.0. The summed E-state index contributed by atoms with van der Waals surface area (Å²) in [7, 11) is 1.79. The second-order valence-corrected chi connectivity index (χ2v) is 3.69. The van der Waals surface area contributed by atoms with Crippen LogP contribution in [0.5, 0.6) is 0 Å². The molecule has 0 aliphatic heterocycles. The lowest BCUT2D eigenvalue weighted by Crippen LogP contribution is -2.15. The zero-order valence-electron chi connectivity index (χ0n) is 9.74. The Morgan fingerprint density at radius 1 is 1.41 bits per heavy atom. The van der Waals surface area contributed by atoms with Crippen LogP contribution < -0.4 is 10.6 Å². The SMILES string of the molecule is CNc1cc(C)ccc1C(=O)Nc1ncc[nH]1. The van der Waals surface area contributed by atoms with E-state index in [1.165, 1.54) is 0 Å². The molecule has 17 heavy (non-hydrogen) atoms. The summed E-state index contributed by atoms with van der Waals surface area (Å²) in [4.78, 5) is 18.8. The van der Waals surface area contributed by atoms with Gasteiger partial charge in [-0.15, -0.1) is 0 Å². The number of hydrogen-bond acceptors (Lipinski definition) is 3. The lowest BCUT2D eigenvalue weighted by atomic mass is 10.1. The van der Waals surface area contributed by atoms with Gasteiger partial charge in [0.05, 0.1) is 5.56 Å². The summed E-state index contributed by atoms with van der Waals surface area (Å²) in [5.74, 6) is 0.252. The smallest absolute Gasteiger partial charge is 0.260 e. The number of hydrogen-bond donors (Lipinski definition) is 3. The van der Waals surface area contributed by atoms with Crippen LogP contribution in [-0.4, -0.2) is 22.9 Å². The normalized spacial score (nSPS) is 10.0. The number of nitrogens with one attached hydrogen (secondary N) is 3. The van der Waals surface area contributed by atoms with Crippen LogP contribution in [0.25, 0.3) is 0 Å². The third-order valence-corrected chi connectivity index (χ3v) is 2.42. The van der Waals surface area contributed by atoms with Gasteiger partial charge in [-0.05, 0) is 24.6 Å². The molecule has 0 saturated heterocycles. The van der Waals surface area contributed by atoms with E-state index in [0.717, 1.165) is 11.3 Å². The van der Waals surface area contributed by atoms with Gasteiger partial charge in [0.2, 0.25) is 5.95 Å². The molecule has 1 heterocycles. The molecule has 5 nitrogen and oxygen atoms in total. The van der Waals surface area contributed by atoms with Crippen molar-refractivity contribution in [3.8, 4) is 0 Å². The molecule has 0 bridgehead atoms. The Kier molecular flexibility index (Phi) is 3.09. The van der Waals surface area contributed by atoms with Crippen molar-refractivity contribution >= 4 is 17.5 Å². The maximum atomic E-state index is 12.0. The Balaban J connectivity index is 2.24. The van der Waals surface area contributed by atoms with Gasteiger partial charge in [0.25, 0.3) is 5.91 Å². The second kappa shape index (κ2) is 4.69. The van der Waals surface area contributed by atoms with Crippen LogP contribution in [0, 0.1) is 6.92 Å². The highest BCUT2D eigenvalue weighted by atomic mass is 16.1. The Morgan fingerprint density at radius 2 is 2.24 bits per heavy atom. The van der Waals surface area contributed by atoms with E-state index in [1.54, 1.807) is 25.5 Å². The number of nitrogens with zero attached hydrogens (tertiary/aromatic N) is 1. The summed E-state index contributed by atoms with van der Waals surface area (Å²) in [6.07, 6.45) is 3.24. The molecule has 1 amide bonds. The van der Waals surface area contributed by atoms with Crippen LogP contribution in [0.15, 0.2) is 30.6 Å². The van der Waals surface area contributed by atoms with Crippen LogP contribution in [0.4, 0.5) is 11.6 Å². The fraction of sp³-hybridized carbons (Fsp3) is 0.167. The van der Waals surface area contributed by atoms with Gasteiger partial charge in [0.1, 0.15) is 0 Å². The van der Waals surface area contributed by atoms with Gasteiger partial charge in [-0.3, -0.25) is 10.1 Å². The molecule has 2 aromatic rings. The minimum atomic E-state index is -0.190. The van der Waals surface area contributed by atoms with Gasteiger partial charge in [0.15, 0.2) is 0 Å². The van der Waals surface area contributed by atoms with Crippen molar-refractivity contribution in [2.24, 2.45) is 0 Å². The Morgan fingerprint density at radius 3 is 2.88 bits per heavy atom. The number of aromatic nitrogens is 2. The van der Waals surface area contributed by atoms with Crippen molar-refractivity contribution < 1.29 is 4.79 Å². The molecule has 0 aliphatic rings. The van der Waals surface area contributed by atoms with E-state index >= 15 is 0 Å². The number of aromatic amines is 1. The molecule has 0 saturated carbocycles. The molecule has 2 rings (SSSR count). The van der Waals surface area contributed by atoms with E-state index in [9.17, 15) is 4.79 Å². The monoisotopic (exact) mass is 230 g/mol. The van der Waals surface area contributed by atoms with E-state index in [1.807, 2.05) is 19.1 Å². The number of carbonyl (C=O) groups is 1. The molecular weight excluding hydrogens is 216 g/mol. The molecule has 3 N–H and O–H groups in total. The molecule has 1 aromatic carbocycles. The first-order chi connectivity index (χ1) is 8.20. The number of benzene rings is 1. The Labute approximate surface area is 99.3 Å². The van der Waals surface area contributed by atoms with E-state index in [-0.39, 0.29) is 5.91 Å². The van der Waals surface area contributed by atoms with E-state index in [0.29, 0.717) is 11.5 Å². The number of imidazole rings is 1. The highest BCUT2D eigenvalue weighted by Crippen LogP contribution is 2.17. The quantitative estimate of drug-likeness (QED) is 0.755. The van der Waals surface area contributed by atoms with Crippen LogP contribution in [0.3, 0.4) is 0 Å². The van der Waals surface area contributed by atoms with Crippen molar-refractivity contribution in [2.45, 2.75) is 6.92 Å². The zero-order valence-corrected chi connectivity index (χ0v) is 9.74. The van der Waals surface area contributed by atoms with Gasteiger partial charge in [-0.2, -0.15) is 0 Å². The van der Waals surface area contributed by atoms with Crippen molar-refractivity contribution in [1.82, 2.24) is 9.97 Å². The maximum Gasteiger partial charge on any atom is 0.260 e. The average molecular weight is 230 g/mol. The summed E-state index contributed by atoms with van der Waals surface area (Å²) in [5.41, 5.74) is 2.49. The third-order valence-electron chi connectivity index (χ3n) is 2.42. The molecule has 0 unspecified atom stereocenters. The highest BCUT2D eigenvalue weighted by Gasteiger charge is 2.11. The molecule has 0 atom stereocenters. The Hall–Kier alpha value is -2.30. The van der Waals surface area contributed by atoms with Crippen molar-refractivity contribution in [2.75, 3.05) is 17.7 Å². The lowest BCUT2D eigenvalue weighted by molar-refractivity contribution is 0.102. The largest absolute Gasteiger partial charge is 0.387 e. The highest BCUT2D eigenvalue weighted by molar-refractivity contribution is 6.07. The molecule has 1 aromatic heterocycles. The number of anilines is 2. The minimum Gasteiger partial charge on any atom is -0.387 e. The average Bonchev–Trinajstić information content (AvgIpc) is 2.81. The number of H-pyrrole nitrogens is 1. The predicted molar refractivity (Wildman–Crippen MR) is 67.3 cm³/mol. The molecular formula is C12H14N4O. The van der Waals surface area contributed by atoms with E-state index in [4.69, 9.17) is 0 Å². The van der Waals surface area contributed by atoms with Gasteiger partial charge < -0.3 is 10.3 Å². The van der Waals surface area contributed by atoms with E-state index in [2.05, 4.69) is 20.6 Å². The standard InChI is InChI=1S/C12H14N4O/c1-8-3-4-9(10(7-8)13-2)11(17)16-12-14-5-6-15-12/h3-7,13H,1-2H3,(H2,14,15,16,17). The first-order valence-electron chi connectivity index (χ1n) is 5.30. The zero-order chi connectivity index (χ0) is 12.3. The van der Waals surface area contributed by atoms with Crippen LogP contribution >= 0.6 is 0 Å². The van der Waals surface area contributed by atoms with Gasteiger partial charge >= 0.3 is 0 Å². The molecule has 0 radical (unpaired) electrons. The number of aryl methyl sites for hydroxylation is 1. The summed E-state index contributed by atoms with van der Waals surface area (Å²) in [6, 6.07) is 5.62. The molecule has 0 spiro atoms. The van der Waals surface area contributed by atoms with Crippen LogP contribution in [0.1, 0.15) is 15.9 Å². The summed E-state index contributed by atoms with van der Waals surface area (Å²) in [6.45, 7) is 1.98. The second-order valence-electron chi connectivity index (χ2n) is 3.69. The van der Waals surface area contributed by atoms with Crippen molar-refractivity contribution in [3.05, 3.63) is 41.7 Å². The topological polar surface area (TPSA) is 69.8 Å². The molecule has 88 valence electrons. The number of carbonyl (C=O) groups excluding carboxylic acids is 1. The van der Waals surface area contributed by atoms with Gasteiger partial charge in [0, 0.05) is 25.1 Å². The Bertz CT molecular complexity index is 519. The van der Waals surface area contributed by atoms with Crippen LogP contribution in [-0.2, 0) is 0 Å². The van der Waals surface area contributed by atoms with Crippen LogP contribution in [0.2, 0.25) is 0 Å². The van der Waals surface area contributed by atoms with E-state index < -0.39 is 0 Å². The molecule has 5 heteroatoms.